The minimum absolute atomic E-state index is 0.0965. The summed E-state index contributed by atoms with van der Waals surface area (Å²) in [7, 11) is -3.55. The third kappa shape index (κ3) is 2.90. The highest BCUT2D eigenvalue weighted by atomic mass is 32.2. The van der Waals surface area contributed by atoms with E-state index in [0.29, 0.717) is 33.7 Å². The lowest BCUT2D eigenvalue weighted by atomic mass is 10.0. The van der Waals surface area contributed by atoms with Gasteiger partial charge in [-0.15, -0.1) is 11.3 Å². The normalized spacial score (nSPS) is 25.9. The molecule has 1 aromatic carbocycles. The zero-order valence-electron chi connectivity index (χ0n) is 14.3. The highest BCUT2D eigenvalue weighted by molar-refractivity contribution is 7.91. The molecule has 5 rings (SSSR count). The third-order valence-corrected chi connectivity index (χ3v) is 8.32. The Bertz CT molecular complexity index is 989. The van der Waals surface area contributed by atoms with E-state index in [1.807, 2.05) is 0 Å². The van der Waals surface area contributed by atoms with Crippen LogP contribution in [-0.2, 0) is 10.0 Å². The molecule has 3 atom stereocenters. The number of piperidine rings is 1. The van der Waals surface area contributed by atoms with Crippen LogP contribution in [0, 0.1) is 5.92 Å². The van der Waals surface area contributed by atoms with Gasteiger partial charge in [-0.3, -0.25) is 4.79 Å². The summed E-state index contributed by atoms with van der Waals surface area (Å²) in [5, 5.41) is 1.74. The molecule has 2 bridgehead atoms. The first-order valence-electron chi connectivity index (χ1n) is 8.78. The lowest BCUT2D eigenvalue weighted by Gasteiger charge is -2.33. The van der Waals surface area contributed by atoms with Gasteiger partial charge in [0, 0.05) is 24.2 Å². The molecule has 1 N–H and O–H groups in total. The second-order valence-corrected chi connectivity index (χ2v) is 9.98. The van der Waals surface area contributed by atoms with Gasteiger partial charge in [0.2, 0.25) is 16.8 Å². The summed E-state index contributed by atoms with van der Waals surface area (Å²) in [4.78, 5) is 14.8. The molecule has 3 aliphatic rings. The summed E-state index contributed by atoms with van der Waals surface area (Å²) in [6.07, 6.45) is 1.59. The Morgan fingerprint density at radius 3 is 2.81 bits per heavy atom. The van der Waals surface area contributed by atoms with Gasteiger partial charge in [0.05, 0.1) is 0 Å². The molecule has 0 spiro atoms. The third-order valence-electron chi connectivity index (χ3n) is 5.43. The minimum atomic E-state index is -3.55. The van der Waals surface area contributed by atoms with E-state index in [1.165, 1.54) is 11.3 Å². The minimum Gasteiger partial charge on any atom is -0.454 e. The number of likely N-dealkylation sites (tertiary alicyclic amines) is 1. The molecule has 27 heavy (non-hydrogen) atoms. The average Bonchev–Trinajstić information content (AvgIpc) is 3.43. The summed E-state index contributed by atoms with van der Waals surface area (Å²) < 4.78 is 38.9. The second-order valence-electron chi connectivity index (χ2n) is 7.09. The molecule has 2 fully saturated rings. The van der Waals surface area contributed by atoms with Crippen LogP contribution < -0.4 is 14.2 Å². The molecule has 2 aromatic rings. The molecule has 3 unspecified atom stereocenters. The zero-order valence-corrected chi connectivity index (χ0v) is 16.0. The van der Waals surface area contributed by atoms with Gasteiger partial charge in [-0.05, 0) is 48.4 Å². The number of benzene rings is 1. The zero-order chi connectivity index (χ0) is 18.6. The maximum absolute atomic E-state index is 13.0. The van der Waals surface area contributed by atoms with Crippen LogP contribution in [0.2, 0.25) is 0 Å². The number of fused-ring (bicyclic) bond motifs is 3. The van der Waals surface area contributed by atoms with Gasteiger partial charge in [0.1, 0.15) is 4.21 Å². The Morgan fingerprint density at radius 2 is 2.04 bits per heavy atom. The molecule has 1 aliphatic carbocycles. The Kier molecular flexibility index (Phi) is 3.92. The predicted octanol–water partition coefficient (Wildman–Crippen LogP) is 2.06. The molecule has 1 saturated heterocycles. The largest absolute Gasteiger partial charge is 0.454 e. The fourth-order valence-corrected chi connectivity index (χ4v) is 6.55. The molecule has 1 saturated carbocycles. The van der Waals surface area contributed by atoms with Crippen LogP contribution in [0.4, 0.5) is 0 Å². The van der Waals surface area contributed by atoms with Crippen molar-refractivity contribution in [2.24, 2.45) is 5.92 Å². The Hall–Kier alpha value is -2.10. The molecule has 0 radical (unpaired) electrons. The molecule has 9 heteroatoms. The summed E-state index contributed by atoms with van der Waals surface area (Å²) in [5.74, 6) is 1.43. The highest BCUT2D eigenvalue weighted by Gasteiger charge is 2.48. The number of hydrogen-bond donors (Lipinski definition) is 1. The topological polar surface area (TPSA) is 84.9 Å². The van der Waals surface area contributed by atoms with Crippen molar-refractivity contribution < 1.29 is 22.7 Å². The second kappa shape index (κ2) is 6.22. The number of hydrogen-bond acceptors (Lipinski definition) is 6. The summed E-state index contributed by atoms with van der Waals surface area (Å²) in [6.45, 7) is 0.823. The number of ether oxygens (including phenoxy) is 2. The van der Waals surface area contributed by atoms with Crippen LogP contribution in [0.25, 0.3) is 0 Å². The standard InChI is InChI=1S/C18H18N2O5S2/c21-18(12-3-4-15-16(8-12)25-10-24-15)20-9-11-6-13(14(20)7-11)19-27(22,23)17-2-1-5-26-17/h1-5,8,11,13-14,19H,6-7,9-10H2. The first-order valence-corrected chi connectivity index (χ1v) is 11.1. The monoisotopic (exact) mass is 406 g/mol. The summed E-state index contributed by atoms with van der Waals surface area (Å²) in [5.41, 5.74) is 0.534. The van der Waals surface area contributed by atoms with Crippen LogP contribution >= 0.6 is 11.3 Å². The van der Waals surface area contributed by atoms with Gasteiger partial charge in [-0.25, -0.2) is 13.1 Å². The first-order chi connectivity index (χ1) is 13.0. The van der Waals surface area contributed by atoms with Crippen molar-refractivity contribution in [3.05, 3.63) is 41.3 Å². The number of rotatable bonds is 4. The molecule has 7 nitrogen and oxygen atoms in total. The molecule has 3 heterocycles. The lowest BCUT2D eigenvalue weighted by molar-refractivity contribution is 0.0677. The Morgan fingerprint density at radius 1 is 1.19 bits per heavy atom. The molecule has 1 amide bonds. The number of sulfonamides is 1. The number of carbonyl (C=O) groups excluding carboxylic acids is 1. The van der Waals surface area contributed by atoms with Gasteiger partial charge >= 0.3 is 0 Å². The van der Waals surface area contributed by atoms with Crippen LogP contribution in [-0.4, -0.2) is 44.6 Å². The first kappa shape index (κ1) is 17.0. The van der Waals surface area contributed by atoms with Crippen molar-refractivity contribution in [1.29, 1.82) is 0 Å². The van der Waals surface area contributed by atoms with Crippen molar-refractivity contribution in [2.45, 2.75) is 29.1 Å². The predicted molar refractivity (Wildman–Crippen MR) is 98.5 cm³/mol. The van der Waals surface area contributed by atoms with Crippen molar-refractivity contribution in [1.82, 2.24) is 9.62 Å². The van der Waals surface area contributed by atoms with Gasteiger partial charge < -0.3 is 14.4 Å². The lowest BCUT2D eigenvalue weighted by Crippen LogP contribution is -2.51. The maximum Gasteiger partial charge on any atom is 0.254 e. The van der Waals surface area contributed by atoms with Gasteiger partial charge in [0.15, 0.2) is 11.5 Å². The van der Waals surface area contributed by atoms with Gasteiger partial charge in [-0.1, -0.05) is 6.07 Å². The fraction of sp³-hybridized carbons (Fsp3) is 0.389. The highest BCUT2D eigenvalue weighted by Crippen LogP contribution is 2.40. The molecule has 2 aliphatic heterocycles. The van der Waals surface area contributed by atoms with Crippen LogP contribution in [0.1, 0.15) is 23.2 Å². The van der Waals surface area contributed by atoms with E-state index in [0.717, 1.165) is 12.8 Å². The Labute approximate surface area is 160 Å². The number of amides is 1. The molecular weight excluding hydrogens is 388 g/mol. The van der Waals surface area contributed by atoms with E-state index in [4.69, 9.17) is 9.47 Å². The maximum atomic E-state index is 13.0. The Balaban J connectivity index is 1.35. The van der Waals surface area contributed by atoms with Gasteiger partial charge in [0.25, 0.3) is 5.91 Å². The van der Waals surface area contributed by atoms with Crippen molar-refractivity contribution >= 4 is 27.3 Å². The molecule has 142 valence electrons. The van der Waals surface area contributed by atoms with Crippen molar-refractivity contribution in [2.75, 3.05) is 13.3 Å². The number of carbonyl (C=O) groups is 1. The van der Waals surface area contributed by atoms with E-state index >= 15 is 0 Å². The number of nitrogens with zero attached hydrogens (tertiary/aromatic N) is 1. The smallest absolute Gasteiger partial charge is 0.254 e. The fourth-order valence-electron chi connectivity index (χ4n) is 4.25. The average molecular weight is 406 g/mol. The van der Waals surface area contributed by atoms with Gasteiger partial charge in [-0.2, -0.15) is 0 Å². The van der Waals surface area contributed by atoms with E-state index < -0.39 is 10.0 Å². The van der Waals surface area contributed by atoms with E-state index in [1.54, 1.807) is 40.6 Å². The van der Waals surface area contributed by atoms with Crippen LogP contribution in [0.3, 0.4) is 0 Å². The quantitative estimate of drug-likeness (QED) is 0.840. The van der Waals surface area contributed by atoms with Crippen LogP contribution in [0.5, 0.6) is 11.5 Å². The molecule has 1 aromatic heterocycles. The van der Waals surface area contributed by atoms with E-state index in [2.05, 4.69) is 4.72 Å². The summed E-state index contributed by atoms with van der Waals surface area (Å²) >= 11 is 1.19. The van der Waals surface area contributed by atoms with Crippen LogP contribution in [0.15, 0.2) is 39.9 Å². The summed E-state index contributed by atoms with van der Waals surface area (Å²) in [6, 6.07) is 8.09. The SMILES string of the molecule is O=C(c1ccc2c(c1)OCO2)N1CC2CC(NS(=O)(=O)c3cccs3)C1C2. The van der Waals surface area contributed by atoms with E-state index in [-0.39, 0.29) is 24.8 Å². The van der Waals surface area contributed by atoms with E-state index in [9.17, 15) is 13.2 Å². The number of thiophene rings is 1. The van der Waals surface area contributed by atoms with Crippen molar-refractivity contribution in [3.63, 3.8) is 0 Å². The molecular formula is C18H18N2O5S2. The van der Waals surface area contributed by atoms with Crippen molar-refractivity contribution in [3.8, 4) is 11.5 Å². The number of nitrogens with one attached hydrogen (secondary N) is 1.